The van der Waals surface area contributed by atoms with Crippen LogP contribution in [0.5, 0.6) is 0 Å². The molecular weight excluding hydrogens is 413 g/mol. The third-order valence-electron chi connectivity index (χ3n) is 6.01. The number of pyridine rings is 1. The predicted molar refractivity (Wildman–Crippen MR) is 105 cm³/mol. The highest BCUT2D eigenvalue weighted by atomic mass is 19.4. The van der Waals surface area contributed by atoms with Gasteiger partial charge in [-0.25, -0.2) is 4.98 Å². The maximum atomic E-state index is 13.7. The highest BCUT2D eigenvalue weighted by molar-refractivity contribution is 5.89. The molecule has 0 aliphatic carbocycles. The minimum atomic E-state index is -4.57. The minimum Gasteiger partial charge on any atom is -0.342 e. The van der Waals surface area contributed by atoms with Crippen LogP contribution < -0.4 is 0 Å². The number of piperidine rings is 1. The fourth-order valence-electron chi connectivity index (χ4n) is 4.49. The summed E-state index contributed by atoms with van der Waals surface area (Å²) < 4.78 is 46.0. The fourth-order valence-corrected chi connectivity index (χ4v) is 4.49. The van der Waals surface area contributed by atoms with Crippen LogP contribution in [0, 0.1) is 12.8 Å². The fraction of sp³-hybridized carbons (Fsp3) is 0.524. The van der Waals surface area contributed by atoms with Crippen molar-refractivity contribution in [1.82, 2.24) is 19.9 Å². The number of halogens is 3. The van der Waals surface area contributed by atoms with Gasteiger partial charge in [0.05, 0.1) is 28.3 Å². The van der Waals surface area contributed by atoms with Gasteiger partial charge in [0, 0.05) is 38.5 Å². The van der Waals surface area contributed by atoms with Crippen LogP contribution in [0.25, 0.3) is 11.1 Å². The number of fused-ring (bicyclic) bond motifs is 1. The van der Waals surface area contributed by atoms with Crippen LogP contribution in [0.3, 0.4) is 0 Å². The van der Waals surface area contributed by atoms with E-state index in [1.165, 1.54) is 6.92 Å². The second kappa shape index (κ2) is 7.97. The standard InChI is InChI=1S/C21H23F3N4O3/c1-3-6-27-11-14(8-17(27)29)20(30)28-7-4-5-13(10-28)16-9-15(21(22,23)24)18-12(2)26-31-19(18)25-16/h3,9,13-14H,1,4-8,10-11H2,2H3/t13-,14-/m0/s1. The number of rotatable bonds is 4. The van der Waals surface area contributed by atoms with Gasteiger partial charge >= 0.3 is 6.18 Å². The van der Waals surface area contributed by atoms with Crippen molar-refractivity contribution in [2.75, 3.05) is 26.2 Å². The van der Waals surface area contributed by atoms with Crippen LogP contribution in [-0.4, -0.2) is 57.9 Å². The lowest BCUT2D eigenvalue weighted by atomic mass is 9.91. The zero-order valence-corrected chi connectivity index (χ0v) is 17.1. The van der Waals surface area contributed by atoms with E-state index in [0.29, 0.717) is 32.5 Å². The topological polar surface area (TPSA) is 79.5 Å². The van der Waals surface area contributed by atoms with Gasteiger partial charge in [-0.15, -0.1) is 6.58 Å². The Hall–Kier alpha value is -2.91. The molecule has 0 unspecified atom stereocenters. The number of alkyl halides is 3. The number of hydrogen-bond donors (Lipinski definition) is 0. The number of aryl methyl sites for hydroxylation is 1. The van der Waals surface area contributed by atoms with E-state index >= 15 is 0 Å². The number of aromatic nitrogens is 2. The second-order valence-corrected chi connectivity index (χ2v) is 8.15. The third kappa shape index (κ3) is 4.03. The lowest BCUT2D eigenvalue weighted by molar-refractivity contribution is -0.137. The molecule has 0 saturated carbocycles. The normalized spacial score (nSPS) is 22.4. The molecule has 4 rings (SSSR count). The smallest absolute Gasteiger partial charge is 0.342 e. The summed E-state index contributed by atoms with van der Waals surface area (Å²) in [5.74, 6) is -1.02. The summed E-state index contributed by atoms with van der Waals surface area (Å²) in [6.07, 6.45) is -1.56. The molecule has 2 aromatic rings. The molecule has 0 bridgehead atoms. The second-order valence-electron chi connectivity index (χ2n) is 8.15. The average molecular weight is 436 g/mol. The molecule has 2 fully saturated rings. The molecule has 2 aliphatic heterocycles. The summed E-state index contributed by atoms with van der Waals surface area (Å²) in [6.45, 7) is 6.57. The van der Waals surface area contributed by atoms with Gasteiger partial charge < -0.3 is 14.3 Å². The van der Waals surface area contributed by atoms with E-state index in [1.54, 1.807) is 15.9 Å². The van der Waals surface area contributed by atoms with Crippen molar-refractivity contribution in [3.05, 3.63) is 35.7 Å². The van der Waals surface area contributed by atoms with Gasteiger partial charge in [0.15, 0.2) is 0 Å². The van der Waals surface area contributed by atoms with Crippen molar-refractivity contribution >= 4 is 22.9 Å². The predicted octanol–water partition coefficient (Wildman–Crippen LogP) is 3.29. The van der Waals surface area contributed by atoms with Crippen molar-refractivity contribution in [3.8, 4) is 0 Å². The third-order valence-corrected chi connectivity index (χ3v) is 6.01. The van der Waals surface area contributed by atoms with E-state index in [4.69, 9.17) is 4.52 Å². The Kier molecular flexibility index (Phi) is 5.49. The molecular formula is C21H23F3N4O3. The molecule has 2 atom stereocenters. The van der Waals surface area contributed by atoms with Crippen LogP contribution in [0.2, 0.25) is 0 Å². The van der Waals surface area contributed by atoms with Crippen molar-refractivity contribution in [1.29, 1.82) is 0 Å². The summed E-state index contributed by atoms with van der Waals surface area (Å²) in [5, 5.41) is 3.50. The molecule has 0 radical (unpaired) electrons. The maximum Gasteiger partial charge on any atom is 0.417 e. The highest BCUT2D eigenvalue weighted by Crippen LogP contribution is 2.38. The van der Waals surface area contributed by atoms with Gasteiger partial charge in [0.1, 0.15) is 0 Å². The molecule has 2 amide bonds. The first-order chi connectivity index (χ1) is 14.7. The van der Waals surface area contributed by atoms with Crippen LogP contribution in [-0.2, 0) is 15.8 Å². The molecule has 7 nitrogen and oxygen atoms in total. The van der Waals surface area contributed by atoms with Gasteiger partial charge in [-0.3, -0.25) is 9.59 Å². The Morgan fingerprint density at radius 2 is 2.16 bits per heavy atom. The molecule has 4 heterocycles. The van der Waals surface area contributed by atoms with Crippen LogP contribution in [0.4, 0.5) is 13.2 Å². The van der Waals surface area contributed by atoms with E-state index in [0.717, 1.165) is 6.07 Å². The Labute approximate surface area is 176 Å². The zero-order chi connectivity index (χ0) is 22.3. The Morgan fingerprint density at radius 1 is 1.39 bits per heavy atom. The lowest BCUT2D eigenvalue weighted by Crippen LogP contribution is -2.43. The van der Waals surface area contributed by atoms with Crippen molar-refractivity contribution in [2.24, 2.45) is 5.92 Å². The zero-order valence-electron chi connectivity index (χ0n) is 17.1. The molecule has 166 valence electrons. The number of carbonyl (C=O) groups excluding carboxylic acids is 2. The summed E-state index contributed by atoms with van der Waals surface area (Å²) in [5.41, 5.74) is -0.593. The van der Waals surface area contributed by atoms with Gasteiger partial charge in [0.25, 0.3) is 5.71 Å². The molecule has 31 heavy (non-hydrogen) atoms. The van der Waals surface area contributed by atoms with E-state index in [-0.39, 0.29) is 53.2 Å². The first kappa shape index (κ1) is 21.3. The summed E-state index contributed by atoms with van der Waals surface area (Å²) in [4.78, 5) is 32.6. The first-order valence-corrected chi connectivity index (χ1v) is 10.2. The molecule has 10 heteroatoms. The van der Waals surface area contributed by atoms with Gasteiger partial charge in [0.2, 0.25) is 11.8 Å². The number of nitrogens with zero attached hydrogens (tertiary/aromatic N) is 4. The molecule has 2 saturated heterocycles. The Morgan fingerprint density at radius 3 is 2.87 bits per heavy atom. The summed E-state index contributed by atoms with van der Waals surface area (Å²) in [6, 6.07) is 1.05. The summed E-state index contributed by atoms with van der Waals surface area (Å²) >= 11 is 0. The van der Waals surface area contributed by atoms with E-state index in [2.05, 4.69) is 16.7 Å². The van der Waals surface area contributed by atoms with E-state index in [1.807, 2.05) is 0 Å². The Bertz CT molecular complexity index is 1030. The number of amides is 2. The maximum absolute atomic E-state index is 13.7. The van der Waals surface area contributed by atoms with E-state index < -0.39 is 17.7 Å². The monoisotopic (exact) mass is 436 g/mol. The highest BCUT2D eigenvalue weighted by Gasteiger charge is 2.39. The van der Waals surface area contributed by atoms with E-state index in [9.17, 15) is 22.8 Å². The molecule has 2 aliphatic rings. The van der Waals surface area contributed by atoms with Crippen molar-refractivity contribution in [2.45, 2.75) is 38.3 Å². The van der Waals surface area contributed by atoms with Crippen LogP contribution >= 0.6 is 0 Å². The number of likely N-dealkylation sites (tertiary alicyclic amines) is 2. The number of hydrogen-bond acceptors (Lipinski definition) is 5. The van der Waals surface area contributed by atoms with Gasteiger partial charge in [-0.05, 0) is 25.8 Å². The summed E-state index contributed by atoms with van der Waals surface area (Å²) in [7, 11) is 0. The quantitative estimate of drug-likeness (QED) is 0.688. The van der Waals surface area contributed by atoms with Gasteiger partial charge in [-0.1, -0.05) is 11.2 Å². The average Bonchev–Trinajstić information content (AvgIpc) is 3.29. The van der Waals surface area contributed by atoms with Gasteiger partial charge in [-0.2, -0.15) is 13.2 Å². The SMILES string of the molecule is C=CCN1C[C@@H](C(=O)N2CCC[C@H](c3cc(C(F)(F)F)c4c(C)noc4n3)C2)CC1=O. The Balaban J connectivity index is 1.56. The van der Waals surface area contributed by atoms with Crippen LogP contribution in [0.1, 0.15) is 42.1 Å². The molecule has 0 N–H and O–H groups in total. The minimum absolute atomic E-state index is 0.0885. The molecule has 2 aromatic heterocycles. The first-order valence-electron chi connectivity index (χ1n) is 10.2. The molecule has 0 spiro atoms. The molecule has 0 aromatic carbocycles. The largest absolute Gasteiger partial charge is 0.417 e. The van der Waals surface area contributed by atoms with Crippen LogP contribution in [0.15, 0.2) is 23.2 Å². The van der Waals surface area contributed by atoms with Crippen molar-refractivity contribution in [3.63, 3.8) is 0 Å². The number of carbonyl (C=O) groups is 2. The lowest BCUT2D eigenvalue weighted by Gasteiger charge is -2.34. The van der Waals surface area contributed by atoms with Crippen molar-refractivity contribution < 1.29 is 27.3 Å².